The van der Waals surface area contributed by atoms with Crippen LogP contribution in [0, 0.1) is 0 Å². The second kappa shape index (κ2) is 6.50. The molecule has 0 aliphatic carbocycles. The molecule has 0 saturated carbocycles. The van der Waals surface area contributed by atoms with E-state index in [9.17, 15) is 0 Å². The van der Waals surface area contributed by atoms with Gasteiger partial charge in [0.05, 0.1) is 30.8 Å². The van der Waals surface area contributed by atoms with Crippen molar-refractivity contribution in [1.29, 1.82) is 0 Å². The number of ether oxygens (including phenoxy) is 1. The molecule has 2 N–H and O–H groups in total. The molecule has 0 aromatic carbocycles. The molecular formula is C14H26N4O. The molecule has 1 aliphatic rings. The van der Waals surface area contributed by atoms with E-state index in [0.29, 0.717) is 12.6 Å². The van der Waals surface area contributed by atoms with Crippen LogP contribution >= 0.6 is 0 Å². The Morgan fingerprint density at radius 1 is 1.53 bits per heavy atom. The maximum Gasteiger partial charge on any atom is 0.0948 e. The summed E-state index contributed by atoms with van der Waals surface area (Å²) in [4.78, 5) is 6.79. The van der Waals surface area contributed by atoms with E-state index in [1.807, 2.05) is 12.5 Å². The molecule has 1 fully saturated rings. The highest BCUT2D eigenvalue weighted by molar-refractivity contribution is 5.10. The Balaban J connectivity index is 2.31. The topological polar surface area (TPSA) is 56.3 Å². The van der Waals surface area contributed by atoms with Crippen molar-refractivity contribution in [3.8, 4) is 0 Å². The lowest BCUT2D eigenvalue weighted by atomic mass is 10.0. The van der Waals surface area contributed by atoms with E-state index >= 15 is 0 Å². The molecule has 2 rings (SSSR count). The van der Waals surface area contributed by atoms with Crippen LogP contribution in [-0.2, 0) is 11.3 Å². The molecule has 0 radical (unpaired) electrons. The van der Waals surface area contributed by atoms with Crippen LogP contribution in [0.4, 0.5) is 0 Å². The van der Waals surface area contributed by atoms with Crippen LogP contribution in [0.1, 0.15) is 38.9 Å². The number of rotatable bonds is 5. The van der Waals surface area contributed by atoms with Crippen molar-refractivity contribution in [2.24, 2.45) is 5.73 Å². The van der Waals surface area contributed by atoms with E-state index in [2.05, 4.69) is 35.2 Å². The normalized spacial score (nSPS) is 25.1. The van der Waals surface area contributed by atoms with Gasteiger partial charge in [0.2, 0.25) is 0 Å². The lowest BCUT2D eigenvalue weighted by Crippen LogP contribution is -2.51. The van der Waals surface area contributed by atoms with Gasteiger partial charge in [0, 0.05) is 31.9 Å². The van der Waals surface area contributed by atoms with Crippen LogP contribution in [-0.4, -0.2) is 46.3 Å². The van der Waals surface area contributed by atoms with Crippen LogP contribution in [0.25, 0.3) is 0 Å². The molecule has 2 atom stereocenters. The molecule has 0 amide bonds. The summed E-state index contributed by atoms with van der Waals surface area (Å²) in [5.41, 5.74) is 7.13. The van der Waals surface area contributed by atoms with Crippen LogP contribution in [0.15, 0.2) is 12.5 Å². The molecular weight excluding hydrogens is 240 g/mol. The SMILES string of the molecule is CCCn1cncc1C1C(CN)OCCN1C(C)C. The molecule has 5 nitrogen and oxygen atoms in total. The van der Waals surface area contributed by atoms with Crippen LogP contribution in [0.2, 0.25) is 0 Å². The second-order valence-corrected chi connectivity index (χ2v) is 5.43. The minimum absolute atomic E-state index is 0.0588. The lowest BCUT2D eigenvalue weighted by molar-refractivity contribution is -0.0813. The van der Waals surface area contributed by atoms with Gasteiger partial charge in [0.25, 0.3) is 0 Å². The predicted octanol–water partition coefficient (Wildman–Crippen LogP) is 1.40. The standard InChI is InChI=1S/C14H26N4O/c1-4-5-17-10-16-9-12(17)14-13(8-15)19-7-6-18(14)11(2)3/h9-11,13-14H,4-8,15H2,1-3H3. The van der Waals surface area contributed by atoms with E-state index in [1.54, 1.807) is 0 Å². The fraction of sp³-hybridized carbons (Fsp3) is 0.786. The number of aromatic nitrogens is 2. The van der Waals surface area contributed by atoms with Gasteiger partial charge in [-0.1, -0.05) is 6.92 Å². The first-order valence-corrected chi connectivity index (χ1v) is 7.26. The number of morpholine rings is 1. The zero-order chi connectivity index (χ0) is 13.8. The molecule has 1 aliphatic heterocycles. The van der Waals surface area contributed by atoms with Gasteiger partial charge < -0.3 is 15.0 Å². The summed E-state index contributed by atoms with van der Waals surface area (Å²) in [6.45, 7) is 9.90. The first-order valence-electron chi connectivity index (χ1n) is 7.26. The summed E-state index contributed by atoms with van der Waals surface area (Å²) in [5, 5.41) is 0. The number of aryl methyl sites for hydroxylation is 1. The van der Waals surface area contributed by atoms with E-state index in [0.717, 1.165) is 26.1 Å². The smallest absolute Gasteiger partial charge is 0.0948 e. The third kappa shape index (κ3) is 2.99. The quantitative estimate of drug-likeness (QED) is 0.875. The van der Waals surface area contributed by atoms with Crippen molar-refractivity contribution in [3.05, 3.63) is 18.2 Å². The highest BCUT2D eigenvalue weighted by atomic mass is 16.5. The van der Waals surface area contributed by atoms with Crippen LogP contribution < -0.4 is 5.73 Å². The van der Waals surface area contributed by atoms with Gasteiger partial charge in [-0.2, -0.15) is 0 Å². The van der Waals surface area contributed by atoms with E-state index in [-0.39, 0.29) is 12.1 Å². The maximum atomic E-state index is 5.90. The minimum Gasteiger partial charge on any atom is -0.374 e. The highest BCUT2D eigenvalue weighted by Gasteiger charge is 2.35. The van der Waals surface area contributed by atoms with Gasteiger partial charge in [0.1, 0.15) is 0 Å². The van der Waals surface area contributed by atoms with Crippen molar-refractivity contribution in [2.75, 3.05) is 19.7 Å². The zero-order valence-corrected chi connectivity index (χ0v) is 12.2. The average Bonchev–Trinajstić information content (AvgIpc) is 2.86. The Morgan fingerprint density at radius 3 is 2.95 bits per heavy atom. The van der Waals surface area contributed by atoms with Gasteiger partial charge in [-0.25, -0.2) is 4.98 Å². The van der Waals surface area contributed by atoms with Crippen LogP contribution in [0.3, 0.4) is 0 Å². The fourth-order valence-electron chi connectivity index (χ4n) is 2.89. The predicted molar refractivity (Wildman–Crippen MR) is 75.9 cm³/mol. The van der Waals surface area contributed by atoms with Gasteiger partial charge in [-0.3, -0.25) is 4.90 Å². The first-order chi connectivity index (χ1) is 9.19. The van der Waals surface area contributed by atoms with Crippen molar-refractivity contribution in [3.63, 3.8) is 0 Å². The molecule has 2 unspecified atom stereocenters. The number of hydrogen-bond acceptors (Lipinski definition) is 4. The summed E-state index contributed by atoms with van der Waals surface area (Å²) in [6, 6.07) is 0.695. The summed E-state index contributed by atoms with van der Waals surface area (Å²) in [5.74, 6) is 0. The highest BCUT2D eigenvalue weighted by Crippen LogP contribution is 2.30. The number of imidazole rings is 1. The third-order valence-corrected chi connectivity index (χ3v) is 3.80. The molecule has 19 heavy (non-hydrogen) atoms. The van der Waals surface area contributed by atoms with Gasteiger partial charge in [-0.05, 0) is 20.3 Å². The van der Waals surface area contributed by atoms with Crippen molar-refractivity contribution >= 4 is 0 Å². The molecule has 0 bridgehead atoms. The number of nitrogens with two attached hydrogens (primary N) is 1. The minimum atomic E-state index is 0.0588. The van der Waals surface area contributed by atoms with Crippen molar-refractivity contribution < 1.29 is 4.74 Å². The van der Waals surface area contributed by atoms with Gasteiger partial charge in [0.15, 0.2) is 0 Å². The second-order valence-electron chi connectivity index (χ2n) is 5.43. The average molecular weight is 266 g/mol. The summed E-state index contributed by atoms with van der Waals surface area (Å²) in [6.07, 6.45) is 5.04. The van der Waals surface area contributed by atoms with E-state index < -0.39 is 0 Å². The van der Waals surface area contributed by atoms with Crippen molar-refractivity contribution in [2.45, 2.75) is 51.9 Å². The van der Waals surface area contributed by atoms with E-state index in [1.165, 1.54) is 5.69 Å². The summed E-state index contributed by atoms with van der Waals surface area (Å²) in [7, 11) is 0. The third-order valence-electron chi connectivity index (χ3n) is 3.80. The maximum absolute atomic E-state index is 5.90. The largest absolute Gasteiger partial charge is 0.374 e. The summed E-state index contributed by atoms with van der Waals surface area (Å²) >= 11 is 0. The Labute approximate surface area is 115 Å². The van der Waals surface area contributed by atoms with Crippen LogP contribution in [0.5, 0.6) is 0 Å². The molecule has 1 aromatic heterocycles. The van der Waals surface area contributed by atoms with E-state index in [4.69, 9.17) is 10.5 Å². The molecule has 5 heteroatoms. The zero-order valence-electron chi connectivity index (χ0n) is 12.2. The number of hydrogen-bond donors (Lipinski definition) is 1. The Morgan fingerprint density at radius 2 is 2.32 bits per heavy atom. The molecule has 108 valence electrons. The van der Waals surface area contributed by atoms with Gasteiger partial charge in [-0.15, -0.1) is 0 Å². The fourth-order valence-corrected chi connectivity index (χ4v) is 2.89. The first kappa shape index (κ1) is 14.5. The van der Waals surface area contributed by atoms with Crippen molar-refractivity contribution in [1.82, 2.24) is 14.5 Å². The summed E-state index contributed by atoms with van der Waals surface area (Å²) < 4.78 is 8.10. The molecule has 2 heterocycles. The Hall–Kier alpha value is -0.910. The van der Waals surface area contributed by atoms with Gasteiger partial charge >= 0.3 is 0 Å². The molecule has 1 saturated heterocycles. The number of nitrogens with zero attached hydrogens (tertiary/aromatic N) is 3. The Bertz CT molecular complexity index is 391. The Kier molecular flexibility index (Phi) is 4.96. The molecule has 1 aromatic rings. The molecule has 0 spiro atoms. The monoisotopic (exact) mass is 266 g/mol. The lowest BCUT2D eigenvalue weighted by Gasteiger charge is -2.43.